The molecule has 1 aliphatic rings. The van der Waals surface area contributed by atoms with E-state index >= 15 is 0 Å². The zero-order chi connectivity index (χ0) is 28.4. The Hall–Kier alpha value is -4.27. The Morgan fingerprint density at radius 2 is 1.68 bits per heavy atom. The topological polar surface area (TPSA) is 82.4 Å². The molecule has 3 heterocycles. The van der Waals surface area contributed by atoms with Crippen LogP contribution >= 0.6 is 0 Å². The number of carbonyl (C=O) groups is 1. The summed E-state index contributed by atoms with van der Waals surface area (Å²) >= 11 is 0. The summed E-state index contributed by atoms with van der Waals surface area (Å²) in [6.45, 7) is 10.9. The van der Waals surface area contributed by atoms with Crippen molar-refractivity contribution in [1.82, 2.24) is 19.5 Å². The molecule has 4 aromatic rings. The summed E-state index contributed by atoms with van der Waals surface area (Å²) in [7, 11) is 0. The van der Waals surface area contributed by atoms with E-state index in [1.165, 1.54) is 16.7 Å². The summed E-state index contributed by atoms with van der Waals surface area (Å²) in [6.07, 6.45) is 4.11. The van der Waals surface area contributed by atoms with E-state index in [0.29, 0.717) is 34.3 Å². The monoisotopic (exact) mass is 543 g/mol. The van der Waals surface area contributed by atoms with Crippen LogP contribution in [0.1, 0.15) is 51.2 Å². The first-order valence-corrected chi connectivity index (χ1v) is 13.5. The predicted molar refractivity (Wildman–Crippen MR) is 152 cm³/mol. The summed E-state index contributed by atoms with van der Waals surface area (Å²) in [5, 5.41) is 0. The molecule has 1 saturated heterocycles. The smallest absolute Gasteiger partial charge is 0.422 e. The lowest BCUT2D eigenvalue weighted by molar-refractivity contribution is 0.0541. The number of rotatable bonds is 5. The lowest BCUT2D eigenvalue weighted by Crippen LogP contribution is -2.35. The van der Waals surface area contributed by atoms with Gasteiger partial charge in [-0.3, -0.25) is 0 Å². The van der Waals surface area contributed by atoms with Gasteiger partial charge in [-0.2, -0.15) is 4.98 Å². The van der Waals surface area contributed by atoms with Crippen LogP contribution in [0.2, 0.25) is 0 Å². The van der Waals surface area contributed by atoms with Gasteiger partial charge in [-0.05, 0) is 101 Å². The second-order valence-corrected chi connectivity index (χ2v) is 11.1. The average Bonchev–Trinajstić information content (AvgIpc) is 3.32. The van der Waals surface area contributed by atoms with Crippen molar-refractivity contribution in [1.29, 1.82) is 0 Å². The van der Waals surface area contributed by atoms with Gasteiger partial charge in [0.15, 0.2) is 0 Å². The standard InChI is InChI=1S/C31H34FN5O3/c1-20-9-10-21(2)25(19-20)39-28-33-16-15-24(34-28)27-26(22-11-13-23(32)14-12-22)35-29(36-17-7-6-8-18-36)37(27)30(38)40-31(3,4)5/h9-16,19H,6-8,17-18H2,1-5H3. The minimum Gasteiger partial charge on any atom is -0.443 e. The molecule has 0 saturated carbocycles. The normalized spacial score (nSPS) is 13.8. The third-order valence-corrected chi connectivity index (χ3v) is 6.61. The molecule has 0 radical (unpaired) electrons. The second kappa shape index (κ2) is 11.1. The van der Waals surface area contributed by atoms with Crippen molar-refractivity contribution in [3.8, 4) is 34.4 Å². The van der Waals surface area contributed by atoms with E-state index in [4.69, 9.17) is 19.4 Å². The second-order valence-electron chi connectivity index (χ2n) is 11.1. The van der Waals surface area contributed by atoms with E-state index < -0.39 is 11.7 Å². The van der Waals surface area contributed by atoms with Gasteiger partial charge in [0.1, 0.15) is 28.6 Å². The summed E-state index contributed by atoms with van der Waals surface area (Å²) in [4.78, 5) is 29.9. The van der Waals surface area contributed by atoms with Crippen LogP contribution in [0, 0.1) is 19.7 Å². The Bertz CT molecular complexity index is 1520. The van der Waals surface area contributed by atoms with E-state index in [0.717, 1.165) is 43.5 Å². The van der Waals surface area contributed by atoms with Crippen molar-refractivity contribution in [3.63, 3.8) is 0 Å². The molecule has 0 amide bonds. The van der Waals surface area contributed by atoms with Gasteiger partial charge in [0.05, 0.1) is 5.69 Å². The van der Waals surface area contributed by atoms with E-state index in [1.807, 2.05) is 52.8 Å². The van der Waals surface area contributed by atoms with Gasteiger partial charge in [0.2, 0.25) is 5.95 Å². The van der Waals surface area contributed by atoms with Crippen LogP contribution in [0.5, 0.6) is 11.8 Å². The summed E-state index contributed by atoms with van der Waals surface area (Å²) in [5.41, 5.74) is 3.24. The van der Waals surface area contributed by atoms with Crippen molar-refractivity contribution < 1.29 is 18.7 Å². The molecule has 0 atom stereocenters. The highest BCUT2D eigenvalue weighted by molar-refractivity contribution is 5.89. The van der Waals surface area contributed by atoms with Crippen LogP contribution in [-0.4, -0.2) is 44.3 Å². The molecule has 0 N–H and O–H groups in total. The van der Waals surface area contributed by atoms with E-state index in [1.54, 1.807) is 24.4 Å². The number of imidazole rings is 1. The van der Waals surface area contributed by atoms with Crippen LogP contribution in [0.4, 0.5) is 15.1 Å². The SMILES string of the molecule is Cc1ccc(C)c(Oc2nccc(-c3c(-c4ccc(F)cc4)nc(N4CCCCC4)n3C(=O)OC(C)(C)C)n2)c1. The zero-order valence-corrected chi connectivity index (χ0v) is 23.6. The number of aromatic nitrogens is 4. The molecule has 40 heavy (non-hydrogen) atoms. The molecule has 0 unspecified atom stereocenters. The number of aryl methyl sites for hydroxylation is 2. The Morgan fingerprint density at radius 3 is 2.38 bits per heavy atom. The number of halogens is 1. The number of nitrogens with zero attached hydrogens (tertiary/aromatic N) is 5. The number of piperidine rings is 1. The number of anilines is 1. The van der Waals surface area contributed by atoms with Gasteiger partial charge in [-0.25, -0.2) is 23.7 Å². The Labute approximate surface area is 233 Å². The number of hydrogen-bond donors (Lipinski definition) is 0. The van der Waals surface area contributed by atoms with Gasteiger partial charge in [0, 0.05) is 24.8 Å². The van der Waals surface area contributed by atoms with Gasteiger partial charge >= 0.3 is 12.1 Å². The Balaban J connectivity index is 1.70. The van der Waals surface area contributed by atoms with Crippen molar-refractivity contribution >= 4 is 12.0 Å². The van der Waals surface area contributed by atoms with Crippen LogP contribution in [-0.2, 0) is 4.74 Å². The molecule has 5 rings (SSSR count). The summed E-state index contributed by atoms with van der Waals surface area (Å²) in [5.74, 6) is 0.754. The van der Waals surface area contributed by atoms with Gasteiger partial charge in [-0.15, -0.1) is 0 Å². The molecule has 1 fully saturated rings. The van der Waals surface area contributed by atoms with Gasteiger partial charge in [0.25, 0.3) is 0 Å². The molecule has 208 valence electrons. The third-order valence-electron chi connectivity index (χ3n) is 6.61. The van der Waals surface area contributed by atoms with E-state index in [2.05, 4.69) is 9.88 Å². The van der Waals surface area contributed by atoms with E-state index in [-0.39, 0.29) is 11.8 Å². The zero-order valence-electron chi connectivity index (χ0n) is 23.6. The van der Waals surface area contributed by atoms with Crippen molar-refractivity contribution in [2.45, 2.75) is 59.5 Å². The number of hydrogen-bond acceptors (Lipinski definition) is 7. The van der Waals surface area contributed by atoms with Crippen LogP contribution in [0.25, 0.3) is 22.6 Å². The molecule has 2 aromatic heterocycles. The maximum absolute atomic E-state index is 13.9. The van der Waals surface area contributed by atoms with Crippen LogP contribution < -0.4 is 9.64 Å². The van der Waals surface area contributed by atoms with Gasteiger partial charge < -0.3 is 14.4 Å². The molecule has 0 aliphatic carbocycles. The quantitative estimate of drug-likeness (QED) is 0.261. The molecule has 8 nitrogen and oxygen atoms in total. The van der Waals surface area contributed by atoms with E-state index in [9.17, 15) is 9.18 Å². The van der Waals surface area contributed by atoms with Crippen molar-refractivity contribution in [3.05, 3.63) is 71.7 Å². The number of benzene rings is 2. The highest BCUT2D eigenvalue weighted by atomic mass is 19.1. The Morgan fingerprint density at radius 1 is 0.950 bits per heavy atom. The molecular weight excluding hydrogens is 509 g/mol. The molecular formula is C31H34FN5O3. The Kier molecular flexibility index (Phi) is 7.56. The molecule has 2 aromatic carbocycles. The minimum absolute atomic E-state index is 0.132. The highest BCUT2D eigenvalue weighted by Crippen LogP contribution is 2.37. The highest BCUT2D eigenvalue weighted by Gasteiger charge is 2.32. The maximum Gasteiger partial charge on any atom is 0.422 e. The maximum atomic E-state index is 13.9. The lowest BCUT2D eigenvalue weighted by atomic mass is 10.1. The first kappa shape index (κ1) is 27.3. The summed E-state index contributed by atoms with van der Waals surface area (Å²) in [6, 6.07) is 13.8. The number of carbonyl (C=O) groups excluding carboxylic acids is 1. The van der Waals surface area contributed by atoms with Crippen molar-refractivity contribution in [2.75, 3.05) is 18.0 Å². The fraction of sp³-hybridized carbons (Fsp3) is 0.355. The third kappa shape index (κ3) is 5.98. The fourth-order valence-electron chi connectivity index (χ4n) is 4.68. The molecule has 9 heteroatoms. The predicted octanol–water partition coefficient (Wildman–Crippen LogP) is 7.33. The average molecular weight is 544 g/mol. The molecule has 1 aliphatic heterocycles. The largest absolute Gasteiger partial charge is 0.443 e. The van der Waals surface area contributed by atoms with Crippen molar-refractivity contribution in [2.24, 2.45) is 0 Å². The van der Waals surface area contributed by atoms with Crippen LogP contribution in [0.15, 0.2) is 54.7 Å². The lowest BCUT2D eigenvalue weighted by Gasteiger charge is -2.29. The first-order valence-electron chi connectivity index (χ1n) is 13.5. The fourth-order valence-corrected chi connectivity index (χ4v) is 4.68. The van der Waals surface area contributed by atoms with Crippen LogP contribution in [0.3, 0.4) is 0 Å². The minimum atomic E-state index is -0.740. The number of ether oxygens (including phenoxy) is 2. The first-order chi connectivity index (χ1) is 19.1. The molecule has 0 spiro atoms. The summed E-state index contributed by atoms with van der Waals surface area (Å²) < 4.78 is 27.3. The molecule has 0 bridgehead atoms. The van der Waals surface area contributed by atoms with Gasteiger partial charge in [-0.1, -0.05) is 12.1 Å².